The van der Waals surface area contributed by atoms with Gasteiger partial charge in [-0.25, -0.2) is 14.4 Å². The summed E-state index contributed by atoms with van der Waals surface area (Å²) in [5.74, 6) is 1.11. The molecular formula is C31H21FN2O3S. The lowest BCUT2D eigenvalue weighted by molar-refractivity contribution is -0.188. The largest absolute Gasteiger partial charge is 0.457 e. The highest BCUT2D eigenvalue weighted by molar-refractivity contribution is 7.94. The minimum Gasteiger partial charge on any atom is -0.457 e. The third-order valence-electron chi connectivity index (χ3n) is 5.90. The van der Waals surface area contributed by atoms with Crippen LogP contribution in [0.1, 0.15) is 0 Å². The fourth-order valence-electron chi connectivity index (χ4n) is 4.14. The second-order valence-electron chi connectivity index (χ2n) is 8.42. The van der Waals surface area contributed by atoms with E-state index in [1.807, 2.05) is 97.1 Å². The van der Waals surface area contributed by atoms with Gasteiger partial charge in [0.15, 0.2) is 5.65 Å². The van der Waals surface area contributed by atoms with Crippen molar-refractivity contribution in [2.45, 2.75) is 4.90 Å². The maximum Gasteiger partial charge on any atom is 0.179 e. The first-order valence-electron chi connectivity index (χ1n) is 11.9. The van der Waals surface area contributed by atoms with E-state index in [9.17, 15) is 4.39 Å². The van der Waals surface area contributed by atoms with Crippen LogP contribution < -0.4 is 9.73 Å². The average molecular weight is 521 g/mol. The molecule has 6 aromatic rings. The van der Waals surface area contributed by atoms with Gasteiger partial charge in [-0.1, -0.05) is 71.1 Å². The van der Waals surface area contributed by atoms with Crippen molar-refractivity contribution < 1.29 is 18.4 Å². The number of rotatable bonds is 8. The Hall–Kier alpha value is -4.59. The first-order chi connectivity index (χ1) is 18.7. The number of aromatic nitrogens is 2. The molecule has 5 nitrogen and oxygen atoms in total. The van der Waals surface area contributed by atoms with E-state index in [1.54, 1.807) is 18.5 Å². The van der Waals surface area contributed by atoms with Crippen molar-refractivity contribution in [1.82, 2.24) is 9.71 Å². The topological polar surface area (TPSA) is 45.5 Å². The molecule has 0 aliphatic rings. The average Bonchev–Trinajstić information content (AvgIpc) is 3.32. The van der Waals surface area contributed by atoms with Crippen LogP contribution in [0.25, 0.3) is 33.3 Å². The van der Waals surface area contributed by atoms with E-state index in [0.29, 0.717) is 17.0 Å². The molecule has 0 saturated heterocycles. The monoisotopic (exact) mass is 520 g/mol. The van der Waals surface area contributed by atoms with Crippen LogP contribution in [-0.4, -0.2) is 9.71 Å². The molecule has 0 amide bonds. The predicted molar refractivity (Wildman–Crippen MR) is 147 cm³/mol. The minimum absolute atomic E-state index is 0.328. The molecule has 0 fully saturated rings. The van der Waals surface area contributed by atoms with Gasteiger partial charge in [0.05, 0.1) is 18.2 Å². The van der Waals surface area contributed by atoms with Crippen LogP contribution in [0.5, 0.6) is 11.5 Å². The molecule has 6 rings (SSSR count). The van der Waals surface area contributed by atoms with Gasteiger partial charge in [0, 0.05) is 33.2 Å². The minimum atomic E-state index is -0.328. The number of nitrogens with zero attached hydrogens (tertiary/aromatic N) is 2. The second-order valence-corrected chi connectivity index (χ2v) is 9.20. The van der Waals surface area contributed by atoms with E-state index < -0.39 is 0 Å². The van der Waals surface area contributed by atoms with Crippen molar-refractivity contribution in [3.63, 3.8) is 0 Å². The van der Waals surface area contributed by atoms with Crippen LogP contribution in [-0.2, 0) is 4.33 Å². The Morgan fingerprint density at radius 3 is 2.29 bits per heavy atom. The standard InChI is InChI=1S/C31H21FN2O3S/c32-24-11-9-10-22(18-24)29-21-34(36-37-38-26-14-5-2-6-15-26)31-28(29)19-23(20-33-31)27-16-7-8-17-30(27)35-25-12-3-1-4-13-25/h1-21H. The van der Waals surface area contributed by atoms with Crippen LogP contribution in [0.15, 0.2) is 133 Å². The number of hydrogen-bond donors (Lipinski definition) is 0. The Morgan fingerprint density at radius 1 is 0.711 bits per heavy atom. The Bertz CT molecular complexity index is 1690. The van der Waals surface area contributed by atoms with Crippen molar-refractivity contribution >= 4 is 23.1 Å². The number of fused-ring (bicyclic) bond motifs is 1. The second kappa shape index (κ2) is 10.8. The summed E-state index contributed by atoms with van der Waals surface area (Å²) in [6, 6.07) is 35.4. The van der Waals surface area contributed by atoms with E-state index >= 15 is 0 Å². The number of halogens is 1. The highest BCUT2D eigenvalue weighted by Gasteiger charge is 2.17. The lowest BCUT2D eigenvalue weighted by atomic mass is 10.0. The SMILES string of the molecule is Fc1cccc(-c2cn(OOSc3ccccc3)c3ncc(-c4ccccc4Oc4ccccc4)cc23)c1. The van der Waals surface area contributed by atoms with Crippen molar-refractivity contribution in [3.8, 4) is 33.8 Å². The van der Waals surface area contributed by atoms with E-state index in [-0.39, 0.29) is 5.82 Å². The fraction of sp³-hybridized carbons (Fsp3) is 0. The quantitative estimate of drug-likeness (QED) is 0.115. The lowest BCUT2D eigenvalue weighted by Gasteiger charge is -2.11. The Balaban J connectivity index is 1.39. The van der Waals surface area contributed by atoms with Gasteiger partial charge in [-0.05, 0) is 54.1 Å². The summed E-state index contributed by atoms with van der Waals surface area (Å²) in [5, 5.41) is 0.774. The Labute approximate surface area is 223 Å². The first kappa shape index (κ1) is 23.8. The molecular weight excluding hydrogens is 499 g/mol. The molecule has 38 heavy (non-hydrogen) atoms. The van der Waals surface area contributed by atoms with Crippen LogP contribution in [0.2, 0.25) is 0 Å². The number of ether oxygens (including phenoxy) is 1. The zero-order valence-corrected chi connectivity index (χ0v) is 20.8. The third-order valence-corrected chi connectivity index (χ3v) is 6.49. The smallest absolute Gasteiger partial charge is 0.179 e. The number of hydrogen-bond acceptors (Lipinski definition) is 5. The molecule has 0 atom stereocenters. The maximum atomic E-state index is 14.2. The molecule has 0 unspecified atom stereocenters. The zero-order valence-electron chi connectivity index (χ0n) is 20.0. The number of para-hydroxylation sites is 2. The first-order valence-corrected chi connectivity index (χ1v) is 12.6. The maximum absolute atomic E-state index is 14.2. The van der Waals surface area contributed by atoms with E-state index in [1.165, 1.54) is 16.9 Å². The lowest BCUT2D eigenvalue weighted by Crippen LogP contribution is -2.07. The summed E-state index contributed by atoms with van der Waals surface area (Å²) in [6.07, 6.45) is 3.50. The van der Waals surface area contributed by atoms with Gasteiger partial charge in [0.1, 0.15) is 17.3 Å². The van der Waals surface area contributed by atoms with Crippen LogP contribution in [0, 0.1) is 5.82 Å². The molecule has 0 bridgehead atoms. The molecule has 0 saturated carbocycles. The van der Waals surface area contributed by atoms with Gasteiger partial charge in [-0.3, -0.25) is 0 Å². The van der Waals surface area contributed by atoms with Crippen LogP contribution >= 0.6 is 12.0 Å². The summed E-state index contributed by atoms with van der Waals surface area (Å²) in [4.78, 5) is 11.2. The normalized spacial score (nSPS) is 11.0. The summed E-state index contributed by atoms with van der Waals surface area (Å²) < 4.78 is 27.2. The highest BCUT2D eigenvalue weighted by Crippen LogP contribution is 2.37. The van der Waals surface area contributed by atoms with Crippen molar-refractivity contribution in [3.05, 3.63) is 133 Å². The summed E-state index contributed by atoms with van der Waals surface area (Å²) >= 11 is 1.09. The van der Waals surface area contributed by atoms with E-state index in [2.05, 4.69) is 0 Å². The Kier molecular flexibility index (Phi) is 6.76. The fourth-order valence-corrected chi connectivity index (χ4v) is 4.59. The predicted octanol–water partition coefficient (Wildman–Crippen LogP) is 8.37. The van der Waals surface area contributed by atoms with Crippen molar-refractivity contribution in [2.24, 2.45) is 0 Å². The van der Waals surface area contributed by atoms with E-state index in [4.69, 9.17) is 19.0 Å². The van der Waals surface area contributed by atoms with Crippen molar-refractivity contribution in [2.75, 3.05) is 0 Å². The van der Waals surface area contributed by atoms with Gasteiger partial charge in [0.25, 0.3) is 0 Å². The summed E-state index contributed by atoms with van der Waals surface area (Å²) in [6.45, 7) is 0. The van der Waals surface area contributed by atoms with Gasteiger partial charge >= 0.3 is 0 Å². The molecule has 0 spiro atoms. The van der Waals surface area contributed by atoms with Gasteiger partial charge in [-0.2, -0.15) is 0 Å². The molecule has 4 aromatic carbocycles. The molecule has 0 aliphatic carbocycles. The van der Waals surface area contributed by atoms with Crippen LogP contribution in [0.4, 0.5) is 4.39 Å². The summed E-state index contributed by atoms with van der Waals surface area (Å²) in [5.41, 5.74) is 3.70. The molecule has 2 heterocycles. The highest BCUT2D eigenvalue weighted by atomic mass is 32.2. The molecule has 186 valence electrons. The molecule has 0 aliphatic heterocycles. The summed E-state index contributed by atoms with van der Waals surface area (Å²) in [7, 11) is 0. The number of benzene rings is 4. The molecule has 0 N–H and O–H groups in total. The molecule has 2 aromatic heterocycles. The van der Waals surface area contributed by atoms with Crippen molar-refractivity contribution in [1.29, 1.82) is 0 Å². The van der Waals surface area contributed by atoms with Gasteiger partial charge in [-0.15, -0.1) is 4.73 Å². The third kappa shape index (κ3) is 5.11. The zero-order chi connectivity index (χ0) is 25.7. The van der Waals surface area contributed by atoms with Gasteiger partial charge in [0.2, 0.25) is 0 Å². The Morgan fingerprint density at radius 2 is 1.47 bits per heavy atom. The number of pyridine rings is 1. The molecule has 7 heteroatoms. The molecule has 0 radical (unpaired) electrons. The van der Waals surface area contributed by atoms with Gasteiger partial charge < -0.3 is 4.74 Å². The van der Waals surface area contributed by atoms with E-state index in [0.717, 1.165) is 44.8 Å². The van der Waals surface area contributed by atoms with Crippen LogP contribution in [0.3, 0.4) is 0 Å².